The lowest BCUT2D eigenvalue weighted by atomic mass is 10.1. The summed E-state index contributed by atoms with van der Waals surface area (Å²) < 4.78 is 4.73. The van der Waals surface area contributed by atoms with Gasteiger partial charge in [-0.25, -0.2) is 0 Å². The van der Waals surface area contributed by atoms with Crippen molar-refractivity contribution in [1.29, 1.82) is 0 Å². The highest BCUT2D eigenvalue weighted by atomic mass is 16.5. The highest BCUT2D eigenvalue weighted by Crippen LogP contribution is 2.05. The Morgan fingerprint density at radius 2 is 2.00 bits per heavy atom. The first-order valence-corrected chi connectivity index (χ1v) is 5.99. The van der Waals surface area contributed by atoms with E-state index < -0.39 is 0 Å². The number of methoxy groups -OCH3 is 1. The predicted molar refractivity (Wildman–Crippen MR) is 62.8 cm³/mol. The first-order chi connectivity index (χ1) is 7.15. The third-order valence-corrected chi connectivity index (χ3v) is 2.62. The van der Waals surface area contributed by atoms with E-state index in [9.17, 15) is 4.79 Å². The van der Waals surface area contributed by atoms with Gasteiger partial charge in [-0.05, 0) is 19.8 Å². The number of unbranched alkanes of at least 4 members (excludes halogenated alkanes) is 2. The zero-order chi connectivity index (χ0) is 11.7. The van der Waals surface area contributed by atoms with Gasteiger partial charge >= 0.3 is 5.97 Å². The van der Waals surface area contributed by atoms with Gasteiger partial charge in [0, 0.05) is 6.04 Å². The molecule has 0 aromatic carbocycles. The van der Waals surface area contributed by atoms with Crippen LogP contribution in [0.2, 0.25) is 0 Å². The molecule has 0 aliphatic rings. The summed E-state index contributed by atoms with van der Waals surface area (Å²) in [5.74, 6) is -0.153. The fourth-order valence-electron chi connectivity index (χ4n) is 1.62. The minimum Gasteiger partial charge on any atom is -0.468 e. The summed E-state index contributed by atoms with van der Waals surface area (Å²) in [4.78, 5) is 11.3. The van der Waals surface area contributed by atoms with Crippen LogP contribution in [-0.4, -0.2) is 25.2 Å². The van der Waals surface area contributed by atoms with Crippen molar-refractivity contribution in [3.05, 3.63) is 0 Å². The standard InChI is InChI=1S/C12H25NO2/c1-5-7-8-9-10(3)13-11(6-2)12(14)15-4/h10-11,13H,5-9H2,1-4H3. The Balaban J connectivity index is 3.80. The average molecular weight is 215 g/mol. The van der Waals surface area contributed by atoms with Crippen LogP contribution in [0.3, 0.4) is 0 Å². The summed E-state index contributed by atoms with van der Waals surface area (Å²) in [6.45, 7) is 6.32. The van der Waals surface area contributed by atoms with Crippen molar-refractivity contribution < 1.29 is 9.53 Å². The fourth-order valence-corrected chi connectivity index (χ4v) is 1.62. The van der Waals surface area contributed by atoms with Gasteiger partial charge < -0.3 is 10.1 Å². The molecule has 0 radical (unpaired) electrons. The second-order valence-electron chi connectivity index (χ2n) is 4.05. The molecule has 0 saturated heterocycles. The van der Waals surface area contributed by atoms with Crippen LogP contribution in [0.1, 0.15) is 52.9 Å². The normalized spacial score (nSPS) is 14.7. The van der Waals surface area contributed by atoms with E-state index in [1.54, 1.807) is 0 Å². The Kier molecular flexibility index (Phi) is 8.38. The van der Waals surface area contributed by atoms with Crippen LogP contribution in [0.4, 0.5) is 0 Å². The second kappa shape index (κ2) is 8.72. The monoisotopic (exact) mass is 215 g/mol. The molecule has 0 amide bonds. The molecule has 0 fully saturated rings. The van der Waals surface area contributed by atoms with Crippen LogP contribution >= 0.6 is 0 Å². The molecule has 1 N–H and O–H groups in total. The van der Waals surface area contributed by atoms with Gasteiger partial charge in [0.2, 0.25) is 0 Å². The van der Waals surface area contributed by atoms with Crippen molar-refractivity contribution >= 4 is 5.97 Å². The number of hydrogen-bond acceptors (Lipinski definition) is 3. The molecule has 0 aliphatic heterocycles. The number of ether oxygens (including phenoxy) is 1. The zero-order valence-corrected chi connectivity index (χ0v) is 10.5. The number of hydrogen-bond donors (Lipinski definition) is 1. The molecule has 0 heterocycles. The van der Waals surface area contributed by atoms with E-state index in [0.717, 1.165) is 12.8 Å². The molecule has 0 aromatic rings. The average Bonchev–Trinajstić information content (AvgIpc) is 2.25. The molecular formula is C12H25NO2. The van der Waals surface area contributed by atoms with Crippen LogP contribution in [-0.2, 0) is 9.53 Å². The van der Waals surface area contributed by atoms with E-state index >= 15 is 0 Å². The predicted octanol–water partition coefficient (Wildman–Crippen LogP) is 2.50. The largest absolute Gasteiger partial charge is 0.468 e. The molecular weight excluding hydrogens is 190 g/mol. The van der Waals surface area contributed by atoms with Crippen LogP contribution < -0.4 is 5.32 Å². The van der Waals surface area contributed by atoms with Crippen LogP contribution in [0, 0.1) is 0 Å². The summed E-state index contributed by atoms with van der Waals surface area (Å²) in [5, 5.41) is 3.30. The number of nitrogens with one attached hydrogen (secondary N) is 1. The van der Waals surface area contributed by atoms with Crippen molar-refractivity contribution in [2.45, 2.75) is 65.0 Å². The van der Waals surface area contributed by atoms with Crippen molar-refractivity contribution in [3.8, 4) is 0 Å². The maximum atomic E-state index is 11.3. The fraction of sp³-hybridized carbons (Fsp3) is 0.917. The van der Waals surface area contributed by atoms with Crippen LogP contribution in [0.15, 0.2) is 0 Å². The Bertz CT molecular complexity index is 171. The van der Waals surface area contributed by atoms with E-state index in [1.807, 2.05) is 6.92 Å². The van der Waals surface area contributed by atoms with Gasteiger partial charge in [0.25, 0.3) is 0 Å². The van der Waals surface area contributed by atoms with Crippen molar-refractivity contribution in [2.24, 2.45) is 0 Å². The molecule has 0 rings (SSSR count). The van der Waals surface area contributed by atoms with Crippen LogP contribution in [0.25, 0.3) is 0 Å². The third kappa shape index (κ3) is 6.50. The third-order valence-electron chi connectivity index (χ3n) is 2.62. The van der Waals surface area contributed by atoms with Crippen molar-refractivity contribution in [1.82, 2.24) is 5.32 Å². The van der Waals surface area contributed by atoms with E-state index in [0.29, 0.717) is 6.04 Å². The minimum absolute atomic E-state index is 0.147. The number of rotatable bonds is 8. The van der Waals surface area contributed by atoms with Gasteiger partial charge in [-0.2, -0.15) is 0 Å². The maximum Gasteiger partial charge on any atom is 0.322 e. The lowest BCUT2D eigenvalue weighted by molar-refractivity contribution is -0.143. The van der Waals surface area contributed by atoms with E-state index in [1.165, 1.54) is 26.4 Å². The second-order valence-corrected chi connectivity index (χ2v) is 4.05. The summed E-state index contributed by atoms with van der Waals surface area (Å²) in [6, 6.07) is 0.243. The van der Waals surface area contributed by atoms with E-state index in [-0.39, 0.29) is 12.0 Å². The number of esters is 1. The van der Waals surface area contributed by atoms with Crippen molar-refractivity contribution in [3.63, 3.8) is 0 Å². The van der Waals surface area contributed by atoms with Crippen molar-refractivity contribution in [2.75, 3.05) is 7.11 Å². The molecule has 0 spiro atoms. The molecule has 0 aromatic heterocycles. The minimum atomic E-state index is -0.153. The SMILES string of the molecule is CCCCCC(C)NC(CC)C(=O)OC. The number of carbonyl (C=O) groups excluding carboxylic acids is 1. The number of carbonyl (C=O) groups is 1. The van der Waals surface area contributed by atoms with Crippen LogP contribution in [0.5, 0.6) is 0 Å². The van der Waals surface area contributed by atoms with Gasteiger partial charge in [-0.1, -0.05) is 33.1 Å². The Morgan fingerprint density at radius 3 is 2.47 bits per heavy atom. The zero-order valence-electron chi connectivity index (χ0n) is 10.5. The lowest BCUT2D eigenvalue weighted by Gasteiger charge is -2.20. The van der Waals surface area contributed by atoms with Gasteiger partial charge in [0.1, 0.15) is 6.04 Å². The Labute approximate surface area is 93.6 Å². The summed E-state index contributed by atoms with van der Waals surface area (Å²) in [6.07, 6.45) is 5.64. The van der Waals surface area contributed by atoms with E-state index in [2.05, 4.69) is 19.2 Å². The first-order valence-electron chi connectivity index (χ1n) is 5.99. The Morgan fingerprint density at radius 1 is 1.33 bits per heavy atom. The first kappa shape index (κ1) is 14.4. The van der Waals surface area contributed by atoms with Gasteiger partial charge in [0.05, 0.1) is 7.11 Å². The highest BCUT2D eigenvalue weighted by Gasteiger charge is 2.18. The lowest BCUT2D eigenvalue weighted by Crippen LogP contribution is -2.42. The summed E-state index contributed by atoms with van der Waals surface area (Å²) in [7, 11) is 1.44. The Hall–Kier alpha value is -0.570. The molecule has 15 heavy (non-hydrogen) atoms. The highest BCUT2D eigenvalue weighted by molar-refractivity contribution is 5.75. The molecule has 3 heteroatoms. The smallest absolute Gasteiger partial charge is 0.322 e. The molecule has 2 unspecified atom stereocenters. The summed E-state index contributed by atoms with van der Waals surface area (Å²) in [5.41, 5.74) is 0. The molecule has 90 valence electrons. The maximum absolute atomic E-state index is 11.3. The van der Waals surface area contributed by atoms with Gasteiger partial charge in [-0.3, -0.25) is 4.79 Å². The van der Waals surface area contributed by atoms with E-state index in [4.69, 9.17) is 4.74 Å². The topological polar surface area (TPSA) is 38.3 Å². The molecule has 0 saturated carbocycles. The molecule has 2 atom stereocenters. The molecule has 0 aliphatic carbocycles. The van der Waals surface area contributed by atoms with Gasteiger partial charge in [0.15, 0.2) is 0 Å². The van der Waals surface area contributed by atoms with Gasteiger partial charge in [-0.15, -0.1) is 0 Å². The summed E-state index contributed by atoms with van der Waals surface area (Å²) >= 11 is 0. The molecule has 3 nitrogen and oxygen atoms in total. The quantitative estimate of drug-likeness (QED) is 0.499. The molecule has 0 bridgehead atoms.